The van der Waals surface area contributed by atoms with Gasteiger partial charge in [0.1, 0.15) is 18.5 Å². The number of anilines is 2. The number of imidazole rings is 2. The van der Waals surface area contributed by atoms with E-state index in [1.54, 1.807) is 40.0 Å². The van der Waals surface area contributed by atoms with Gasteiger partial charge in [0.15, 0.2) is 23.0 Å². The highest BCUT2D eigenvalue weighted by atomic mass is 35.5. The minimum Gasteiger partial charge on any atom is -0.478 e. The van der Waals surface area contributed by atoms with Crippen molar-refractivity contribution in [3.05, 3.63) is 130 Å². The van der Waals surface area contributed by atoms with Crippen LogP contribution < -0.4 is 10.6 Å². The van der Waals surface area contributed by atoms with Crippen molar-refractivity contribution in [2.24, 2.45) is 0 Å². The van der Waals surface area contributed by atoms with Crippen molar-refractivity contribution in [1.29, 1.82) is 0 Å². The van der Waals surface area contributed by atoms with Crippen molar-refractivity contribution in [2.75, 3.05) is 10.6 Å². The second-order valence-electron chi connectivity index (χ2n) is 10.8. The number of hydrogen-bond acceptors (Lipinski definition) is 10. The molecule has 2 aromatic carbocycles. The first-order valence-corrected chi connectivity index (χ1v) is 15.3. The Kier molecular flexibility index (Phi) is 9.81. The first-order chi connectivity index (χ1) is 24.6. The molecular formula is C33H24ClFN10O6. The second-order valence-corrected chi connectivity index (χ2v) is 11.3. The molecule has 0 unspecified atom stereocenters. The third kappa shape index (κ3) is 7.73. The van der Waals surface area contributed by atoms with E-state index in [0.29, 0.717) is 17.2 Å². The molecule has 18 heteroatoms. The van der Waals surface area contributed by atoms with Crippen molar-refractivity contribution in [3.8, 4) is 11.6 Å². The van der Waals surface area contributed by atoms with Crippen LogP contribution in [0.25, 0.3) is 11.6 Å². The number of aromatic carboxylic acids is 2. The fourth-order valence-corrected chi connectivity index (χ4v) is 5.24. The Hall–Kier alpha value is -6.88. The van der Waals surface area contributed by atoms with Crippen LogP contribution in [0.2, 0.25) is 5.02 Å². The Morgan fingerprint density at radius 1 is 0.686 bits per heavy atom. The third-order valence-corrected chi connectivity index (χ3v) is 7.88. The van der Waals surface area contributed by atoms with Crippen molar-refractivity contribution in [2.45, 2.75) is 19.3 Å². The summed E-state index contributed by atoms with van der Waals surface area (Å²) in [5, 5.41) is 40.3. The van der Waals surface area contributed by atoms with Crippen LogP contribution in [0.5, 0.6) is 0 Å². The summed E-state index contributed by atoms with van der Waals surface area (Å²) in [6.07, 6.45) is 9.94. The van der Waals surface area contributed by atoms with E-state index in [4.69, 9.17) is 11.6 Å². The second kappa shape index (κ2) is 14.7. The maximum absolute atomic E-state index is 15.1. The van der Waals surface area contributed by atoms with Crippen LogP contribution in [0.3, 0.4) is 0 Å². The Balaban J connectivity index is 1.16. The molecule has 6 aromatic rings. The van der Waals surface area contributed by atoms with E-state index in [-0.39, 0.29) is 58.2 Å². The SMILES string of the molecule is O=C(Nc1cc(CCCc2cc(NC(=O)c3ccc(-n4ccnc4)nn3)c(C(=O)O)cc2Cl)c(F)cc1C(=O)O)c1ccc(-n2ccnc2)nn1. The molecule has 0 radical (unpaired) electrons. The van der Waals surface area contributed by atoms with Crippen LogP contribution >= 0.6 is 11.6 Å². The lowest BCUT2D eigenvalue weighted by Gasteiger charge is -2.14. The summed E-state index contributed by atoms with van der Waals surface area (Å²) in [7, 11) is 0. The summed E-state index contributed by atoms with van der Waals surface area (Å²) in [5.74, 6) is -4.27. The Labute approximate surface area is 291 Å². The van der Waals surface area contributed by atoms with Crippen LogP contribution in [0, 0.1) is 5.82 Å². The lowest BCUT2D eigenvalue weighted by Crippen LogP contribution is -2.18. The average Bonchev–Trinajstić information content (AvgIpc) is 3.86. The fraction of sp³-hybridized carbons (Fsp3) is 0.0909. The predicted molar refractivity (Wildman–Crippen MR) is 178 cm³/mol. The summed E-state index contributed by atoms with van der Waals surface area (Å²) in [6.45, 7) is 0. The number of nitrogens with zero attached hydrogens (tertiary/aromatic N) is 8. The quantitative estimate of drug-likeness (QED) is 0.138. The molecule has 0 aliphatic rings. The van der Waals surface area contributed by atoms with Gasteiger partial charge in [-0.1, -0.05) is 11.6 Å². The van der Waals surface area contributed by atoms with Crippen molar-refractivity contribution in [1.82, 2.24) is 39.5 Å². The predicted octanol–water partition coefficient (Wildman–Crippen LogP) is 4.51. The number of carboxylic acid groups (broad SMARTS) is 2. The number of aromatic nitrogens is 8. The molecule has 6 rings (SSSR count). The molecule has 0 atom stereocenters. The van der Waals surface area contributed by atoms with E-state index in [1.165, 1.54) is 49.1 Å². The molecule has 0 fully saturated rings. The van der Waals surface area contributed by atoms with Crippen molar-refractivity contribution >= 4 is 46.7 Å². The first kappa shape index (κ1) is 34.0. The molecule has 0 aliphatic carbocycles. The van der Waals surface area contributed by atoms with Crippen LogP contribution in [0.1, 0.15) is 59.2 Å². The standard InChI is InChI=1S/C33H24ClFN10O6/c34-22-14-20(32(48)49)26(38-30(46)24-4-6-28(42-40-24)44-10-8-36-16-44)12-18(22)2-1-3-19-13-27(21(33(50)51)15-23(19)35)39-31(47)25-5-7-29(43-41-25)45-11-9-37-17-45/h4-17H,1-3H2,(H,38,46)(H,39,47)(H,48,49)(H,50,51). The van der Waals surface area contributed by atoms with Gasteiger partial charge in [-0.05, 0) is 78.9 Å². The van der Waals surface area contributed by atoms with Gasteiger partial charge in [-0.25, -0.2) is 23.9 Å². The van der Waals surface area contributed by atoms with Gasteiger partial charge in [0.05, 0.1) is 22.5 Å². The molecule has 0 bridgehead atoms. The molecule has 256 valence electrons. The van der Waals surface area contributed by atoms with Crippen LogP contribution in [0.15, 0.2) is 86.0 Å². The largest absolute Gasteiger partial charge is 0.478 e. The van der Waals surface area contributed by atoms with E-state index < -0.39 is 35.1 Å². The zero-order valence-electron chi connectivity index (χ0n) is 26.1. The van der Waals surface area contributed by atoms with Gasteiger partial charge < -0.3 is 20.8 Å². The number of halogens is 2. The number of nitrogens with one attached hydrogen (secondary N) is 2. The normalized spacial score (nSPS) is 10.9. The fourth-order valence-electron chi connectivity index (χ4n) is 4.98. The summed E-state index contributed by atoms with van der Waals surface area (Å²) >= 11 is 6.41. The van der Waals surface area contributed by atoms with E-state index in [2.05, 4.69) is 41.0 Å². The zero-order chi connectivity index (χ0) is 36.1. The minimum atomic E-state index is -1.46. The minimum absolute atomic E-state index is 0.0458. The first-order valence-electron chi connectivity index (χ1n) is 15.0. The highest BCUT2D eigenvalue weighted by Crippen LogP contribution is 2.29. The third-order valence-electron chi connectivity index (χ3n) is 7.53. The van der Waals surface area contributed by atoms with Crippen LogP contribution in [0.4, 0.5) is 15.8 Å². The summed E-state index contributed by atoms with van der Waals surface area (Å²) < 4.78 is 18.3. The maximum Gasteiger partial charge on any atom is 0.337 e. The summed E-state index contributed by atoms with van der Waals surface area (Å²) in [4.78, 5) is 57.6. The lowest BCUT2D eigenvalue weighted by atomic mass is 9.99. The number of hydrogen-bond donors (Lipinski definition) is 4. The Morgan fingerprint density at radius 3 is 1.63 bits per heavy atom. The molecule has 0 saturated carbocycles. The molecule has 0 spiro atoms. The Bertz CT molecular complexity index is 2090. The Morgan fingerprint density at radius 2 is 1.18 bits per heavy atom. The molecule has 16 nitrogen and oxygen atoms in total. The number of carboxylic acids is 2. The van der Waals surface area contributed by atoms with Crippen molar-refractivity contribution in [3.63, 3.8) is 0 Å². The van der Waals surface area contributed by atoms with E-state index >= 15 is 4.39 Å². The number of benzene rings is 2. The van der Waals surface area contributed by atoms with Gasteiger partial charge >= 0.3 is 11.9 Å². The molecule has 2 amide bonds. The number of amides is 2. The molecule has 4 aromatic heterocycles. The number of rotatable bonds is 12. The number of carbonyl (C=O) groups is 4. The van der Waals surface area contributed by atoms with Crippen molar-refractivity contribution < 1.29 is 33.8 Å². The number of aryl methyl sites for hydroxylation is 2. The summed E-state index contributed by atoms with van der Waals surface area (Å²) in [6, 6.07) is 10.5. The van der Waals surface area contributed by atoms with Gasteiger partial charge in [0.2, 0.25) is 0 Å². The average molecular weight is 711 g/mol. The molecule has 0 aliphatic heterocycles. The smallest absolute Gasteiger partial charge is 0.337 e. The van der Waals surface area contributed by atoms with E-state index in [0.717, 1.165) is 6.07 Å². The van der Waals surface area contributed by atoms with Gasteiger partial charge in [-0.2, -0.15) is 0 Å². The molecule has 4 N–H and O–H groups in total. The topological polar surface area (TPSA) is 220 Å². The zero-order valence-corrected chi connectivity index (χ0v) is 26.8. The molecule has 4 heterocycles. The molecule has 0 saturated heterocycles. The van der Waals surface area contributed by atoms with Gasteiger partial charge in [0.25, 0.3) is 11.8 Å². The van der Waals surface area contributed by atoms with E-state index in [9.17, 15) is 29.4 Å². The maximum atomic E-state index is 15.1. The van der Waals surface area contributed by atoms with Gasteiger partial charge in [-0.3, -0.25) is 18.7 Å². The molecular weight excluding hydrogens is 687 g/mol. The molecule has 51 heavy (non-hydrogen) atoms. The van der Waals surface area contributed by atoms with Gasteiger partial charge in [0, 0.05) is 29.8 Å². The van der Waals surface area contributed by atoms with E-state index in [1.807, 2.05) is 0 Å². The van der Waals surface area contributed by atoms with Crippen LogP contribution in [-0.2, 0) is 12.8 Å². The highest BCUT2D eigenvalue weighted by Gasteiger charge is 2.21. The lowest BCUT2D eigenvalue weighted by molar-refractivity contribution is 0.0686. The highest BCUT2D eigenvalue weighted by molar-refractivity contribution is 6.32. The summed E-state index contributed by atoms with van der Waals surface area (Å²) in [5.41, 5.74) is -0.572. The van der Waals surface area contributed by atoms with Gasteiger partial charge in [-0.15, -0.1) is 20.4 Å². The monoisotopic (exact) mass is 710 g/mol. The van der Waals surface area contributed by atoms with Crippen LogP contribution in [-0.4, -0.2) is 73.5 Å². The number of carbonyl (C=O) groups excluding carboxylic acids is 2.